The fourth-order valence-electron chi connectivity index (χ4n) is 9.14. The van der Waals surface area contributed by atoms with Gasteiger partial charge in [-0.15, -0.1) is 0 Å². The molecule has 0 spiro atoms. The quantitative estimate of drug-likeness (QED) is 0.161. The molecule has 0 atom stereocenters. The summed E-state index contributed by atoms with van der Waals surface area (Å²) < 4.78 is 4.78. The largest absolute Gasteiger partial charge is 0.309 e. The number of benzene rings is 9. The molecule has 0 aliphatic heterocycles. The zero-order valence-corrected chi connectivity index (χ0v) is 33.7. The van der Waals surface area contributed by atoms with Gasteiger partial charge in [0.15, 0.2) is 5.82 Å². The van der Waals surface area contributed by atoms with Crippen LogP contribution in [0.15, 0.2) is 231 Å². The summed E-state index contributed by atoms with van der Waals surface area (Å²) in [6.45, 7) is 0. The van der Waals surface area contributed by atoms with Gasteiger partial charge in [0.05, 0.1) is 33.5 Å². The third-order valence-corrected chi connectivity index (χ3v) is 12.2. The van der Waals surface area contributed by atoms with E-state index in [2.05, 4.69) is 203 Å². The number of hydrogen-bond acceptors (Lipinski definition) is 2. The van der Waals surface area contributed by atoms with Crippen molar-refractivity contribution in [3.05, 3.63) is 231 Å². The van der Waals surface area contributed by atoms with Crippen molar-refractivity contribution < 1.29 is 0 Å². The second-order valence-corrected chi connectivity index (χ2v) is 15.8. The third kappa shape index (κ3) is 6.08. The second kappa shape index (κ2) is 14.7. The minimum atomic E-state index is 0.713. The van der Waals surface area contributed by atoms with Crippen molar-refractivity contribution in [3.63, 3.8) is 0 Å². The van der Waals surface area contributed by atoms with E-state index in [1.54, 1.807) is 0 Å². The van der Waals surface area contributed by atoms with Crippen LogP contribution in [0.4, 0.5) is 0 Å². The molecule has 290 valence electrons. The van der Waals surface area contributed by atoms with Gasteiger partial charge in [0.25, 0.3) is 0 Å². The first kappa shape index (κ1) is 35.6. The van der Waals surface area contributed by atoms with Crippen molar-refractivity contribution in [2.45, 2.75) is 0 Å². The first-order valence-electron chi connectivity index (χ1n) is 21.1. The zero-order valence-electron chi connectivity index (χ0n) is 33.7. The number of rotatable bonds is 7. The Bertz CT molecular complexity index is 3530. The molecule has 0 unspecified atom stereocenters. The van der Waals surface area contributed by atoms with Gasteiger partial charge in [-0.25, -0.2) is 9.97 Å². The number of nitrogens with zero attached hydrogens (tertiary/aromatic N) is 4. The van der Waals surface area contributed by atoms with E-state index in [0.29, 0.717) is 5.82 Å². The van der Waals surface area contributed by atoms with Crippen LogP contribution in [0, 0.1) is 0 Å². The van der Waals surface area contributed by atoms with Gasteiger partial charge in [-0.05, 0) is 76.9 Å². The molecule has 0 bridgehead atoms. The SMILES string of the molecule is c1ccc(-c2cc(-c3ccc(-c4ccc5c6ccccc6n(-c6ccc(-c7ccc8c9ccccc9n(-c9ccccc9)c8c7)cc6)c5c4)cc3)nc(-c3ccccc3)n2)cc1. The van der Waals surface area contributed by atoms with Crippen molar-refractivity contribution in [2.75, 3.05) is 0 Å². The number of hydrogen-bond donors (Lipinski definition) is 0. The normalized spacial score (nSPS) is 11.5. The molecule has 0 radical (unpaired) electrons. The summed E-state index contributed by atoms with van der Waals surface area (Å²) in [6.07, 6.45) is 0. The van der Waals surface area contributed by atoms with Crippen LogP contribution in [-0.4, -0.2) is 19.1 Å². The Labute approximate surface area is 359 Å². The first-order chi connectivity index (χ1) is 30.7. The highest BCUT2D eigenvalue weighted by Gasteiger charge is 2.17. The highest BCUT2D eigenvalue weighted by Crippen LogP contribution is 2.38. The predicted octanol–water partition coefficient (Wildman–Crippen LogP) is 15.0. The Morgan fingerprint density at radius 2 is 0.613 bits per heavy atom. The van der Waals surface area contributed by atoms with Gasteiger partial charge in [0.2, 0.25) is 0 Å². The molecule has 12 rings (SSSR count). The summed E-state index contributed by atoms with van der Waals surface area (Å²) in [6, 6.07) is 82.2. The standard InChI is InChI=1S/C58H38N4/c1-4-14-41(15-5-1)52-38-53(60-58(59-52)43-16-6-2-7-17-43)42-26-24-39(25-27-42)44-30-34-51-49-21-11-13-23-55(49)62(57(51)36-44)47-32-28-40(29-33-47)45-31-35-50-48-20-10-12-22-54(48)61(56(50)37-45)46-18-8-3-9-19-46/h1-38H. The molecule has 3 aromatic heterocycles. The molecule has 0 saturated carbocycles. The summed E-state index contributed by atoms with van der Waals surface area (Å²) >= 11 is 0. The van der Waals surface area contributed by atoms with E-state index in [1.807, 2.05) is 36.4 Å². The topological polar surface area (TPSA) is 35.6 Å². The molecule has 62 heavy (non-hydrogen) atoms. The van der Waals surface area contributed by atoms with Gasteiger partial charge in [-0.1, -0.05) is 176 Å². The van der Waals surface area contributed by atoms with Crippen LogP contribution >= 0.6 is 0 Å². The van der Waals surface area contributed by atoms with Gasteiger partial charge >= 0.3 is 0 Å². The van der Waals surface area contributed by atoms with E-state index in [-0.39, 0.29) is 0 Å². The highest BCUT2D eigenvalue weighted by atomic mass is 15.0. The molecule has 0 aliphatic carbocycles. The summed E-state index contributed by atoms with van der Waals surface area (Å²) in [5.74, 6) is 0.713. The first-order valence-corrected chi connectivity index (χ1v) is 21.1. The molecule has 4 nitrogen and oxygen atoms in total. The fourth-order valence-corrected chi connectivity index (χ4v) is 9.14. The molecule has 0 fully saturated rings. The van der Waals surface area contributed by atoms with E-state index in [1.165, 1.54) is 54.7 Å². The van der Waals surface area contributed by atoms with Crippen molar-refractivity contribution in [2.24, 2.45) is 0 Å². The average Bonchev–Trinajstić information content (AvgIpc) is 3.87. The van der Waals surface area contributed by atoms with Crippen LogP contribution in [-0.2, 0) is 0 Å². The van der Waals surface area contributed by atoms with E-state index in [0.717, 1.165) is 50.6 Å². The van der Waals surface area contributed by atoms with Crippen LogP contribution in [0.3, 0.4) is 0 Å². The van der Waals surface area contributed by atoms with E-state index in [4.69, 9.17) is 9.97 Å². The number of aromatic nitrogens is 4. The molecule has 0 aliphatic rings. The van der Waals surface area contributed by atoms with Crippen molar-refractivity contribution in [1.29, 1.82) is 0 Å². The van der Waals surface area contributed by atoms with Gasteiger partial charge in [-0.3, -0.25) is 0 Å². The Morgan fingerprint density at radius 1 is 0.242 bits per heavy atom. The van der Waals surface area contributed by atoms with Crippen LogP contribution < -0.4 is 0 Å². The second-order valence-electron chi connectivity index (χ2n) is 15.8. The van der Waals surface area contributed by atoms with Crippen LogP contribution in [0.25, 0.3) is 111 Å². The van der Waals surface area contributed by atoms with Gasteiger partial charge in [-0.2, -0.15) is 0 Å². The third-order valence-electron chi connectivity index (χ3n) is 12.2. The molecule has 12 aromatic rings. The van der Waals surface area contributed by atoms with Crippen LogP contribution in [0.1, 0.15) is 0 Å². The van der Waals surface area contributed by atoms with Crippen molar-refractivity contribution in [1.82, 2.24) is 19.1 Å². The maximum Gasteiger partial charge on any atom is 0.160 e. The number of fused-ring (bicyclic) bond motifs is 6. The van der Waals surface area contributed by atoms with Gasteiger partial charge < -0.3 is 9.13 Å². The molecule has 3 heterocycles. The van der Waals surface area contributed by atoms with E-state index in [9.17, 15) is 0 Å². The van der Waals surface area contributed by atoms with Crippen molar-refractivity contribution >= 4 is 43.6 Å². The lowest BCUT2D eigenvalue weighted by Gasteiger charge is -2.12. The minimum Gasteiger partial charge on any atom is -0.309 e. The average molecular weight is 791 g/mol. The summed E-state index contributed by atoms with van der Waals surface area (Å²) in [5, 5.41) is 4.98. The molecule has 0 N–H and O–H groups in total. The van der Waals surface area contributed by atoms with Gasteiger partial charge in [0.1, 0.15) is 0 Å². The van der Waals surface area contributed by atoms with Crippen LogP contribution in [0.2, 0.25) is 0 Å². The summed E-state index contributed by atoms with van der Waals surface area (Å²) in [5.41, 5.74) is 16.6. The fraction of sp³-hybridized carbons (Fsp3) is 0. The van der Waals surface area contributed by atoms with Crippen LogP contribution in [0.5, 0.6) is 0 Å². The van der Waals surface area contributed by atoms with Gasteiger partial charge in [0, 0.05) is 49.6 Å². The Kier molecular flexibility index (Phi) is 8.46. The maximum absolute atomic E-state index is 5.06. The molecule has 9 aromatic carbocycles. The Morgan fingerprint density at radius 3 is 1.15 bits per heavy atom. The number of para-hydroxylation sites is 3. The smallest absolute Gasteiger partial charge is 0.160 e. The molecule has 0 amide bonds. The van der Waals surface area contributed by atoms with E-state index >= 15 is 0 Å². The lowest BCUT2D eigenvalue weighted by Crippen LogP contribution is -1.96. The molecular weight excluding hydrogens is 753 g/mol. The lowest BCUT2D eigenvalue weighted by atomic mass is 10.0. The minimum absolute atomic E-state index is 0.713. The molecule has 4 heteroatoms. The van der Waals surface area contributed by atoms with Crippen molar-refractivity contribution in [3.8, 4) is 67.5 Å². The molecule has 0 saturated heterocycles. The predicted molar refractivity (Wildman–Crippen MR) is 258 cm³/mol. The highest BCUT2D eigenvalue weighted by molar-refractivity contribution is 6.11. The van der Waals surface area contributed by atoms with E-state index < -0.39 is 0 Å². The summed E-state index contributed by atoms with van der Waals surface area (Å²) in [7, 11) is 0. The summed E-state index contributed by atoms with van der Waals surface area (Å²) in [4.78, 5) is 10.0. The Balaban J connectivity index is 0.915. The maximum atomic E-state index is 5.06. The lowest BCUT2D eigenvalue weighted by molar-refractivity contribution is 1.18. The Hall–Kier alpha value is -8.34. The zero-order chi connectivity index (χ0) is 41.0. The molecular formula is C58H38N4. The monoisotopic (exact) mass is 790 g/mol.